The molecule has 2 saturated heterocycles. The average molecular weight is 155 g/mol. The molecule has 2 aliphatic heterocycles. The summed E-state index contributed by atoms with van der Waals surface area (Å²) in [5.41, 5.74) is 0.380. The summed E-state index contributed by atoms with van der Waals surface area (Å²) in [7, 11) is 0. The van der Waals surface area contributed by atoms with Crippen LogP contribution in [0.1, 0.15) is 25.7 Å². The lowest BCUT2D eigenvalue weighted by Gasteiger charge is -2.39. The highest BCUT2D eigenvalue weighted by atomic mass is 15.5. The van der Waals surface area contributed by atoms with Gasteiger partial charge in [-0.05, 0) is 38.8 Å². The fourth-order valence-electron chi connectivity index (χ4n) is 2.39. The first-order chi connectivity index (χ1) is 5.33. The highest BCUT2D eigenvalue weighted by Crippen LogP contribution is 2.33. The minimum absolute atomic E-state index is 0.380. The van der Waals surface area contributed by atoms with Crippen molar-refractivity contribution >= 4 is 0 Å². The third-order valence-electron chi connectivity index (χ3n) is 3.18. The number of hydrazine groups is 1. The molecule has 2 heterocycles. The Hall–Kier alpha value is -0.120. The molecule has 2 aliphatic rings. The van der Waals surface area contributed by atoms with E-state index < -0.39 is 0 Å². The van der Waals surface area contributed by atoms with E-state index in [0.717, 1.165) is 19.6 Å². The summed E-state index contributed by atoms with van der Waals surface area (Å²) in [5.74, 6) is 5.95. The summed E-state index contributed by atoms with van der Waals surface area (Å²) in [4.78, 5) is 0. The molecular formula is C8H17N3. The second kappa shape index (κ2) is 2.73. The van der Waals surface area contributed by atoms with Crippen molar-refractivity contribution in [3.8, 4) is 0 Å². The molecule has 0 unspecified atom stereocenters. The number of hydrogen-bond acceptors (Lipinski definition) is 3. The monoisotopic (exact) mass is 155 g/mol. The summed E-state index contributed by atoms with van der Waals surface area (Å²) < 4.78 is 0. The van der Waals surface area contributed by atoms with Crippen molar-refractivity contribution in [2.75, 3.05) is 19.6 Å². The second-order valence-corrected chi connectivity index (χ2v) is 3.77. The molecule has 0 atom stereocenters. The predicted molar refractivity (Wildman–Crippen MR) is 45.0 cm³/mol. The van der Waals surface area contributed by atoms with E-state index in [1.165, 1.54) is 25.7 Å². The summed E-state index contributed by atoms with van der Waals surface area (Å²) in [6.07, 6.45) is 5.08. The number of nitrogens with one attached hydrogen (secondary N) is 1. The number of piperidine rings is 1. The summed E-state index contributed by atoms with van der Waals surface area (Å²) >= 11 is 0. The molecule has 0 amide bonds. The number of nitrogens with two attached hydrogens (primary N) is 1. The maximum atomic E-state index is 5.95. The van der Waals surface area contributed by atoms with E-state index in [4.69, 9.17) is 5.84 Å². The Morgan fingerprint density at radius 2 is 1.91 bits per heavy atom. The lowest BCUT2D eigenvalue weighted by molar-refractivity contribution is 0.101. The Morgan fingerprint density at radius 3 is 2.45 bits per heavy atom. The summed E-state index contributed by atoms with van der Waals surface area (Å²) in [6.45, 7) is 3.39. The smallest absolute Gasteiger partial charge is 0.0376 e. The largest absolute Gasteiger partial charge is 0.317 e. The number of hydrogen-bond donors (Lipinski definition) is 2. The summed E-state index contributed by atoms with van der Waals surface area (Å²) in [5, 5.41) is 5.45. The molecule has 3 nitrogen and oxygen atoms in total. The standard InChI is InChI=1S/C8H17N3/c9-11-7-1-2-8(11)3-5-10-6-4-8/h10H,1-7,9H2. The zero-order valence-corrected chi connectivity index (χ0v) is 6.97. The van der Waals surface area contributed by atoms with Crippen molar-refractivity contribution in [1.82, 2.24) is 10.3 Å². The van der Waals surface area contributed by atoms with Crippen molar-refractivity contribution in [3.05, 3.63) is 0 Å². The van der Waals surface area contributed by atoms with Gasteiger partial charge in [0.15, 0.2) is 0 Å². The van der Waals surface area contributed by atoms with Crippen molar-refractivity contribution in [1.29, 1.82) is 0 Å². The van der Waals surface area contributed by atoms with Gasteiger partial charge in [-0.3, -0.25) is 5.84 Å². The van der Waals surface area contributed by atoms with Gasteiger partial charge >= 0.3 is 0 Å². The van der Waals surface area contributed by atoms with Crippen LogP contribution in [-0.4, -0.2) is 30.2 Å². The van der Waals surface area contributed by atoms with Crippen molar-refractivity contribution in [2.24, 2.45) is 5.84 Å². The predicted octanol–water partition coefficient (Wildman–Crippen LogP) is 0.0781. The van der Waals surface area contributed by atoms with Crippen LogP contribution in [0.15, 0.2) is 0 Å². The lowest BCUT2D eigenvalue weighted by atomic mass is 9.87. The zero-order chi connectivity index (χ0) is 7.73. The van der Waals surface area contributed by atoms with Gasteiger partial charge in [0.25, 0.3) is 0 Å². The third kappa shape index (κ3) is 1.17. The lowest BCUT2D eigenvalue weighted by Crippen LogP contribution is -2.53. The van der Waals surface area contributed by atoms with Crippen LogP contribution in [0.25, 0.3) is 0 Å². The van der Waals surface area contributed by atoms with Gasteiger partial charge in [-0.15, -0.1) is 0 Å². The summed E-state index contributed by atoms with van der Waals surface area (Å²) in [6, 6.07) is 0. The van der Waals surface area contributed by atoms with Gasteiger partial charge in [0.2, 0.25) is 0 Å². The molecule has 1 spiro atoms. The highest BCUT2D eigenvalue weighted by molar-refractivity contribution is 4.96. The van der Waals surface area contributed by atoms with Crippen molar-refractivity contribution < 1.29 is 0 Å². The molecule has 64 valence electrons. The van der Waals surface area contributed by atoms with Crippen LogP contribution in [0.4, 0.5) is 0 Å². The molecule has 2 rings (SSSR count). The van der Waals surface area contributed by atoms with Crippen LogP contribution in [0.2, 0.25) is 0 Å². The number of nitrogens with zero attached hydrogens (tertiary/aromatic N) is 1. The normalized spacial score (nSPS) is 31.4. The van der Waals surface area contributed by atoms with Gasteiger partial charge in [0, 0.05) is 12.1 Å². The molecule has 0 aromatic heterocycles. The van der Waals surface area contributed by atoms with Crippen LogP contribution in [0, 0.1) is 0 Å². The number of rotatable bonds is 0. The van der Waals surface area contributed by atoms with Gasteiger partial charge in [-0.1, -0.05) is 0 Å². The Morgan fingerprint density at radius 1 is 1.18 bits per heavy atom. The first-order valence-corrected chi connectivity index (χ1v) is 4.57. The maximum absolute atomic E-state index is 5.95. The van der Waals surface area contributed by atoms with Crippen LogP contribution in [-0.2, 0) is 0 Å². The van der Waals surface area contributed by atoms with E-state index in [0.29, 0.717) is 5.54 Å². The average Bonchev–Trinajstić information content (AvgIpc) is 2.36. The van der Waals surface area contributed by atoms with Crippen LogP contribution < -0.4 is 11.2 Å². The van der Waals surface area contributed by atoms with Gasteiger partial charge in [0.05, 0.1) is 0 Å². The fourth-order valence-corrected chi connectivity index (χ4v) is 2.39. The second-order valence-electron chi connectivity index (χ2n) is 3.77. The van der Waals surface area contributed by atoms with Crippen molar-refractivity contribution in [3.63, 3.8) is 0 Å². The molecular weight excluding hydrogens is 138 g/mol. The molecule has 0 aliphatic carbocycles. The molecule has 3 N–H and O–H groups in total. The van der Waals surface area contributed by atoms with Gasteiger partial charge < -0.3 is 5.32 Å². The minimum Gasteiger partial charge on any atom is -0.317 e. The zero-order valence-electron chi connectivity index (χ0n) is 6.97. The quantitative estimate of drug-likeness (QED) is 0.487. The van der Waals surface area contributed by atoms with E-state index in [9.17, 15) is 0 Å². The molecule has 0 aromatic carbocycles. The van der Waals surface area contributed by atoms with Crippen LogP contribution in [0.5, 0.6) is 0 Å². The Labute approximate surface area is 67.9 Å². The Kier molecular flexibility index (Phi) is 1.87. The highest BCUT2D eigenvalue weighted by Gasteiger charge is 2.39. The molecule has 0 aromatic rings. The van der Waals surface area contributed by atoms with Gasteiger partial charge in [-0.2, -0.15) is 0 Å². The van der Waals surface area contributed by atoms with E-state index in [2.05, 4.69) is 10.3 Å². The van der Waals surface area contributed by atoms with E-state index >= 15 is 0 Å². The third-order valence-corrected chi connectivity index (χ3v) is 3.18. The Bertz CT molecular complexity index is 140. The van der Waals surface area contributed by atoms with Crippen LogP contribution >= 0.6 is 0 Å². The molecule has 0 radical (unpaired) electrons. The SMILES string of the molecule is NN1CCCC12CCNCC2. The first kappa shape index (κ1) is 7.53. The van der Waals surface area contributed by atoms with Gasteiger partial charge in [0.1, 0.15) is 0 Å². The van der Waals surface area contributed by atoms with E-state index in [1.807, 2.05) is 0 Å². The molecule has 0 saturated carbocycles. The van der Waals surface area contributed by atoms with Gasteiger partial charge in [-0.25, -0.2) is 5.01 Å². The maximum Gasteiger partial charge on any atom is 0.0376 e. The fraction of sp³-hybridized carbons (Fsp3) is 1.00. The van der Waals surface area contributed by atoms with Crippen LogP contribution in [0.3, 0.4) is 0 Å². The topological polar surface area (TPSA) is 41.3 Å². The van der Waals surface area contributed by atoms with E-state index in [-0.39, 0.29) is 0 Å². The minimum atomic E-state index is 0.380. The molecule has 0 bridgehead atoms. The molecule has 3 heteroatoms. The van der Waals surface area contributed by atoms with E-state index in [1.54, 1.807) is 0 Å². The first-order valence-electron chi connectivity index (χ1n) is 4.57. The molecule has 2 fully saturated rings. The van der Waals surface area contributed by atoms with Crippen molar-refractivity contribution in [2.45, 2.75) is 31.2 Å². The molecule has 11 heavy (non-hydrogen) atoms. The Balaban J connectivity index is 2.06.